The molecule has 4 nitrogen and oxygen atoms in total. The van der Waals surface area contributed by atoms with Crippen LogP contribution in [0, 0.1) is 5.82 Å². The number of benzene rings is 1. The lowest BCUT2D eigenvalue weighted by Crippen LogP contribution is -2.18. The molecule has 0 heterocycles. The summed E-state index contributed by atoms with van der Waals surface area (Å²) in [5.41, 5.74) is 0.850. The highest BCUT2D eigenvalue weighted by Gasteiger charge is 2.02. The largest absolute Gasteiger partial charge is 0.491 e. The Morgan fingerprint density at radius 2 is 2.00 bits per heavy atom. The molecule has 19 heavy (non-hydrogen) atoms. The molecule has 5 heteroatoms. The van der Waals surface area contributed by atoms with Crippen molar-refractivity contribution in [1.29, 1.82) is 0 Å². The summed E-state index contributed by atoms with van der Waals surface area (Å²) in [5, 5.41) is 3.16. The fourth-order valence-corrected chi connectivity index (χ4v) is 1.58. The summed E-state index contributed by atoms with van der Waals surface area (Å²) in [6, 6.07) is 4.70. The predicted molar refractivity (Wildman–Crippen MR) is 72.0 cm³/mol. The van der Waals surface area contributed by atoms with Gasteiger partial charge in [-0.2, -0.15) is 0 Å². The van der Waals surface area contributed by atoms with E-state index in [1.807, 2.05) is 13.0 Å². The van der Waals surface area contributed by atoms with Gasteiger partial charge in [0, 0.05) is 32.9 Å². The molecule has 1 rings (SSSR count). The summed E-state index contributed by atoms with van der Waals surface area (Å²) in [6.07, 6.45) is 0. The second-order valence-electron chi connectivity index (χ2n) is 4.01. The number of ether oxygens (including phenoxy) is 3. The van der Waals surface area contributed by atoms with Crippen molar-refractivity contribution in [3.8, 4) is 5.75 Å². The number of hydrogen-bond donors (Lipinski definition) is 1. The van der Waals surface area contributed by atoms with E-state index in [-0.39, 0.29) is 5.82 Å². The van der Waals surface area contributed by atoms with Crippen LogP contribution >= 0.6 is 0 Å². The van der Waals surface area contributed by atoms with Gasteiger partial charge in [0.05, 0.1) is 13.2 Å². The molecule has 0 unspecified atom stereocenters. The molecule has 0 bridgehead atoms. The van der Waals surface area contributed by atoms with Gasteiger partial charge in [0.25, 0.3) is 0 Å². The van der Waals surface area contributed by atoms with Crippen LogP contribution in [0.3, 0.4) is 0 Å². The van der Waals surface area contributed by atoms with Crippen molar-refractivity contribution in [3.63, 3.8) is 0 Å². The first kappa shape index (κ1) is 15.9. The number of nitrogens with one attached hydrogen (secondary N) is 1. The van der Waals surface area contributed by atoms with Gasteiger partial charge >= 0.3 is 0 Å². The van der Waals surface area contributed by atoms with Gasteiger partial charge in [0.1, 0.15) is 18.2 Å². The van der Waals surface area contributed by atoms with E-state index < -0.39 is 0 Å². The highest BCUT2D eigenvalue weighted by molar-refractivity contribution is 5.29. The molecular formula is C14H22FNO3. The lowest BCUT2D eigenvalue weighted by atomic mass is 10.2. The average molecular weight is 271 g/mol. The molecule has 1 aromatic rings. The Hall–Kier alpha value is -1.17. The van der Waals surface area contributed by atoms with E-state index in [9.17, 15) is 4.39 Å². The summed E-state index contributed by atoms with van der Waals surface area (Å²) >= 11 is 0. The maximum absolute atomic E-state index is 13.4. The first-order chi connectivity index (χ1) is 9.26. The highest BCUT2D eigenvalue weighted by atomic mass is 19.1. The minimum atomic E-state index is -0.294. The molecule has 108 valence electrons. The van der Waals surface area contributed by atoms with Crippen molar-refractivity contribution < 1.29 is 18.6 Å². The SMILES string of the molecule is CCOCCOc1cc(F)cc(CNCCOC)c1. The molecule has 0 fully saturated rings. The lowest BCUT2D eigenvalue weighted by Gasteiger charge is -2.09. The minimum Gasteiger partial charge on any atom is -0.491 e. The molecule has 0 amide bonds. The minimum absolute atomic E-state index is 0.294. The fourth-order valence-electron chi connectivity index (χ4n) is 1.58. The molecule has 0 aliphatic carbocycles. The number of rotatable bonds is 10. The van der Waals surface area contributed by atoms with Crippen LogP contribution in [0.25, 0.3) is 0 Å². The van der Waals surface area contributed by atoms with E-state index in [4.69, 9.17) is 14.2 Å². The smallest absolute Gasteiger partial charge is 0.127 e. The van der Waals surface area contributed by atoms with Gasteiger partial charge in [-0.15, -0.1) is 0 Å². The second-order valence-corrected chi connectivity index (χ2v) is 4.01. The number of hydrogen-bond acceptors (Lipinski definition) is 4. The van der Waals surface area contributed by atoms with Gasteiger partial charge < -0.3 is 19.5 Å². The number of halogens is 1. The Bertz CT molecular complexity index is 330. The van der Waals surface area contributed by atoms with Crippen molar-refractivity contribution >= 4 is 0 Å². The third kappa shape index (κ3) is 7.10. The maximum atomic E-state index is 13.4. The summed E-state index contributed by atoms with van der Waals surface area (Å²) in [5.74, 6) is 0.237. The summed E-state index contributed by atoms with van der Waals surface area (Å²) in [6.45, 7) is 5.46. The predicted octanol–water partition coefficient (Wildman–Crippen LogP) is 1.98. The van der Waals surface area contributed by atoms with Crippen LogP contribution in [-0.2, 0) is 16.0 Å². The van der Waals surface area contributed by atoms with Gasteiger partial charge in [-0.05, 0) is 24.6 Å². The van der Waals surface area contributed by atoms with Gasteiger partial charge in [-0.25, -0.2) is 4.39 Å². The molecule has 0 radical (unpaired) electrons. The van der Waals surface area contributed by atoms with Crippen molar-refractivity contribution in [3.05, 3.63) is 29.6 Å². The normalized spacial score (nSPS) is 10.7. The molecule has 0 saturated carbocycles. The Morgan fingerprint density at radius 3 is 2.74 bits per heavy atom. The van der Waals surface area contributed by atoms with Gasteiger partial charge in [-0.1, -0.05) is 0 Å². The fraction of sp³-hybridized carbons (Fsp3) is 0.571. The molecule has 0 atom stereocenters. The Morgan fingerprint density at radius 1 is 1.16 bits per heavy atom. The zero-order chi connectivity index (χ0) is 13.9. The molecule has 1 N–H and O–H groups in total. The van der Waals surface area contributed by atoms with Crippen LogP contribution in [0.1, 0.15) is 12.5 Å². The third-order valence-electron chi connectivity index (χ3n) is 2.44. The molecule has 0 aliphatic rings. The van der Waals surface area contributed by atoms with E-state index in [1.165, 1.54) is 12.1 Å². The van der Waals surface area contributed by atoms with Crippen LogP contribution in [0.4, 0.5) is 4.39 Å². The van der Waals surface area contributed by atoms with E-state index >= 15 is 0 Å². The zero-order valence-corrected chi connectivity index (χ0v) is 11.6. The monoisotopic (exact) mass is 271 g/mol. The van der Waals surface area contributed by atoms with Crippen LogP contribution in [-0.4, -0.2) is 40.1 Å². The summed E-state index contributed by atoms with van der Waals surface area (Å²) in [7, 11) is 1.65. The van der Waals surface area contributed by atoms with E-state index in [0.717, 1.165) is 12.1 Å². The van der Waals surface area contributed by atoms with E-state index in [1.54, 1.807) is 7.11 Å². The topological polar surface area (TPSA) is 39.7 Å². The molecule has 0 spiro atoms. The Balaban J connectivity index is 2.41. The summed E-state index contributed by atoms with van der Waals surface area (Å²) in [4.78, 5) is 0. The quantitative estimate of drug-likeness (QED) is 0.661. The second kappa shape index (κ2) is 9.72. The first-order valence-corrected chi connectivity index (χ1v) is 6.46. The van der Waals surface area contributed by atoms with Gasteiger partial charge in [0.2, 0.25) is 0 Å². The maximum Gasteiger partial charge on any atom is 0.127 e. The molecule has 1 aromatic carbocycles. The average Bonchev–Trinajstić information content (AvgIpc) is 2.39. The van der Waals surface area contributed by atoms with Crippen LogP contribution in [0.15, 0.2) is 18.2 Å². The Kier molecular flexibility index (Phi) is 8.13. The molecular weight excluding hydrogens is 249 g/mol. The lowest BCUT2D eigenvalue weighted by molar-refractivity contribution is 0.110. The molecule has 0 saturated heterocycles. The van der Waals surface area contributed by atoms with Crippen molar-refractivity contribution in [2.24, 2.45) is 0 Å². The van der Waals surface area contributed by atoms with Crippen LogP contribution < -0.4 is 10.1 Å². The molecule has 0 aliphatic heterocycles. The Labute approximate surface area is 113 Å². The molecule has 0 aromatic heterocycles. The van der Waals surface area contributed by atoms with Crippen LogP contribution in [0.5, 0.6) is 5.75 Å². The summed E-state index contributed by atoms with van der Waals surface area (Å²) < 4.78 is 28.9. The van der Waals surface area contributed by atoms with Crippen molar-refractivity contribution in [2.45, 2.75) is 13.5 Å². The zero-order valence-electron chi connectivity index (χ0n) is 11.6. The van der Waals surface area contributed by atoms with E-state index in [0.29, 0.717) is 38.7 Å². The van der Waals surface area contributed by atoms with Crippen LogP contribution in [0.2, 0.25) is 0 Å². The standard InChI is InChI=1S/C14H22FNO3/c1-3-18-6-7-19-14-9-12(8-13(15)10-14)11-16-4-5-17-2/h8-10,16H,3-7,11H2,1-2H3. The van der Waals surface area contributed by atoms with Gasteiger partial charge in [0.15, 0.2) is 0 Å². The first-order valence-electron chi connectivity index (χ1n) is 6.46. The van der Waals surface area contributed by atoms with Crippen molar-refractivity contribution in [2.75, 3.05) is 40.1 Å². The third-order valence-corrected chi connectivity index (χ3v) is 2.44. The highest BCUT2D eigenvalue weighted by Crippen LogP contribution is 2.16. The van der Waals surface area contributed by atoms with Gasteiger partial charge in [-0.3, -0.25) is 0 Å². The van der Waals surface area contributed by atoms with E-state index in [2.05, 4.69) is 5.32 Å². The van der Waals surface area contributed by atoms with Crippen molar-refractivity contribution in [1.82, 2.24) is 5.32 Å². The number of methoxy groups -OCH3 is 1.